The Hall–Kier alpha value is -3.04. The maximum Gasteiger partial charge on any atom is 0.292 e. The second kappa shape index (κ2) is 8.60. The molecule has 5 nitrogen and oxygen atoms in total. The number of carbonyl (C=O) groups is 1. The molecule has 1 amide bonds. The smallest absolute Gasteiger partial charge is 0.292 e. The molecule has 2 heterocycles. The topological polar surface area (TPSA) is 75.3 Å². The van der Waals surface area contributed by atoms with Crippen molar-refractivity contribution in [2.75, 3.05) is 5.32 Å². The Balaban J connectivity index is 1.39. The van der Waals surface area contributed by atoms with E-state index in [4.69, 9.17) is 9.15 Å². The number of hydrogen-bond donors (Lipinski definition) is 1. The van der Waals surface area contributed by atoms with E-state index >= 15 is 0 Å². The molecule has 0 bridgehead atoms. The van der Waals surface area contributed by atoms with Crippen molar-refractivity contribution in [3.05, 3.63) is 69.5 Å². The zero-order valence-corrected chi connectivity index (χ0v) is 18.9. The normalized spacial score (nSPS) is 13.4. The van der Waals surface area contributed by atoms with E-state index in [1.807, 2.05) is 12.1 Å². The molecule has 0 saturated carbocycles. The van der Waals surface area contributed by atoms with Gasteiger partial charge in [-0.05, 0) is 66.5 Å². The third-order valence-corrected chi connectivity index (χ3v) is 6.70. The van der Waals surface area contributed by atoms with Gasteiger partial charge in [-0.3, -0.25) is 4.79 Å². The van der Waals surface area contributed by atoms with Crippen molar-refractivity contribution < 1.29 is 13.9 Å². The molecule has 2 aromatic heterocycles. The fourth-order valence-electron chi connectivity index (χ4n) is 3.72. The summed E-state index contributed by atoms with van der Waals surface area (Å²) in [5, 5.41) is 13.0. The molecular formula is C25H26N2O3S. The van der Waals surface area contributed by atoms with Crippen LogP contribution in [0.4, 0.5) is 5.00 Å². The average Bonchev–Trinajstić information content (AvgIpc) is 3.36. The SMILES string of the molecule is CC(C)(C)c1ccc(OCc2ccc(C(=O)Nc3sc4c(c3C#N)CCCC4)o2)cc1. The Morgan fingerprint density at radius 1 is 1.16 bits per heavy atom. The fraction of sp³-hybridized carbons (Fsp3) is 0.360. The van der Waals surface area contributed by atoms with Crippen LogP contribution in [0.25, 0.3) is 0 Å². The summed E-state index contributed by atoms with van der Waals surface area (Å²) in [7, 11) is 0. The van der Waals surface area contributed by atoms with Gasteiger partial charge in [0.25, 0.3) is 5.91 Å². The second-order valence-corrected chi connectivity index (χ2v) is 9.92. The summed E-state index contributed by atoms with van der Waals surface area (Å²) >= 11 is 1.51. The van der Waals surface area contributed by atoms with Gasteiger partial charge in [0, 0.05) is 4.88 Å². The number of thiophene rings is 1. The van der Waals surface area contributed by atoms with Gasteiger partial charge in [-0.25, -0.2) is 0 Å². The molecule has 31 heavy (non-hydrogen) atoms. The minimum Gasteiger partial charge on any atom is -0.486 e. The van der Waals surface area contributed by atoms with Crippen molar-refractivity contribution in [3.63, 3.8) is 0 Å². The van der Waals surface area contributed by atoms with Crippen LogP contribution in [0.1, 0.15) is 71.5 Å². The molecule has 0 aliphatic heterocycles. The molecule has 0 unspecified atom stereocenters. The third kappa shape index (κ3) is 4.67. The minimum absolute atomic E-state index is 0.0923. The summed E-state index contributed by atoms with van der Waals surface area (Å²) in [5.41, 5.74) is 3.03. The lowest BCUT2D eigenvalue weighted by molar-refractivity contribution is 0.0993. The Morgan fingerprint density at radius 2 is 1.90 bits per heavy atom. The van der Waals surface area contributed by atoms with Crippen LogP contribution in [-0.4, -0.2) is 5.91 Å². The summed E-state index contributed by atoms with van der Waals surface area (Å²) in [6.07, 6.45) is 4.10. The quantitative estimate of drug-likeness (QED) is 0.517. The molecule has 1 aliphatic rings. The summed E-state index contributed by atoms with van der Waals surface area (Å²) in [5.74, 6) is 1.17. The number of aryl methyl sites for hydroxylation is 1. The molecule has 0 atom stereocenters. The molecule has 0 spiro atoms. The Morgan fingerprint density at radius 3 is 2.61 bits per heavy atom. The summed E-state index contributed by atoms with van der Waals surface area (Å²) in [4.78, 5) is 13.9. The van der Waals surface area contributed by atoms with Crippen molar-refractivity contribution in [3.8, 4) is 11.8 Å². The first-order chi connectivity index (χ1) is 14.8. The van der Waals surface area contributed by atoms with E-state index in [9.17, 15) is 10.1 Å². The highest BCUT2D eigenvalue weighted by Crippen LogP contribution is 2.37. The van der Waals surface area contributed by atoms with Crippen LogP contribution >= 0.6 is 11.3 Å². The summed E-state index contributed by atoms with van der Waals surface area (Å²) in [6, 6.07) is 13.6. The van der Waals surface area contributed by atoms with Gasteiger partial charge in [0.2, 0.25) is 0 Å². The number of benzene rings is 1. The predicted octanol–water partition coefficient (Wildman–Crippen LogP) is 6.22. The van der Waals surface area contributed by atoms with Crippen molar-refractivity contribution in [2.24, 2.45) is 0 Å². The zero-order valence-electron chi connectivity index (χ0n) is 18.1. The van der Waals surface area contributed by atoms with E-state index in [-0.39, 0.29) is 23.7 Å². The first-order valence-electron chi connectivity index (χ1n) is 10.5. The van der Waals surface area contributed by atoms with Crippen LogP contribution < -0.4 is 10.1 Å². The lowest BCUT2D eigenvalue weighted by Crippen LogP contribution is -2.11. The molecule has 4 rings (SSSR count). The molecule has 1 aromatic carbocycles. The van der Waals surface area contributed by atoms with E-state index in [1.165, 1.54) is 21.8 Å². The Kier molecular flexibility index (Phi) is 5.88. The van der Waals surface area contributed by atoms with Gasteiger partial charge in [0.1, 0.15) is 29.2 Å². The van der Waals surface area contributed by atoms with Crippen LogP contribution in [-0.2, 0) is 24.9 Å². The van der Waals surface area contributed by atoms with Crippen LogP contribution in [0.15, 0.2) is 40.8 Å². The number of amides is 1. The predicted molar refractivity (Wildman–Crippen MR) is 122 cm³/mol. The van der Waals surface area contributed by atoms with Gasteiger partial charge >= 0.3 is 0 Å². The van der Waals surface area contributed by atoms with Gasteiger partial charge in [-0.1, -0.05) is 32.9 Å². The molecule has 6 heteroatoms. The van der Waals surface area contributed by atoms with E-state index in [1.54, 1.807) is 12.1 Å². The number of nitrogens with zero attached hydrogens (tertiary/aromatic N) is 1. The largest absolute Gasteiger partial charge is 0.486 e. The first-order valence-corrected chi connectivity index (χ1v) is 11.3. The number of ether oxygens (including phenoxy) is 1. The Bertz CT molecular complexity index is 1130. The van der Waals surface area contributed by atoms with Crippen molar-refractivity contribution in [1.29, 1.82) is 5.26 Å². The van der Waals surface area contributed by atoms with Gasteiger partial charge < -0.3 is 14.5 Å². The van der Waals surface area contributed by atoms with Gasteiger partial charge in [0.05, 0.1) is 5.56 Å². The summed E-state index contributed by atoms with van der Waals surface area (Å²) in [6.45, 7) is 6.74. The molecular weight excluding hydrogens is 408 g/mol. The number of nitrogens with one attached hydrogen (secondary N) is 1. The monoisotopic (exact) mass is 434 g/mol. The van der Waals surface area contributed by atoms with Gasteiger partial charge in [0.15, 0.2) is 5.76 Å². The lowest BCUT2D eigenvalue weighted by atomic mass is 9.87. The third-order valence-electron chi connectivity index (χ3n) is 5.50. The molecule has 0 fully saturated rings. The number of anilines is 1. The molecule has 1 aliphatic carbocycles. The van der Waals surface area contributed by atoms with Crippen LogP contribution in [0, 0.1) is 11.3 Å². The molecule has 3 aromatic rings. The van der Waals surface area contributed by atoms with Crippen LogP contribution in [0.3, 0.4) is 0 Å². The number of fused-ring (bicyclic) bond motifs is 1. The number of furan rings is 1. The number of carbonyl (C=O) groups excluding carboxylic acids is 1. The highest BCUT2D eigenvalue weighted by Gasteiger charge is 2.23. The lowest BCUT2D eigenvalue weighted by Gasteiger charge is -2.19. The van der Waals surface area contributed by atoms with Crippen LogP contribution in [0.5, 0.6) is 5.75 Å². The maximum atomic E-state index is 12.7. The maximum absolute atomic E-state index is 12.7. The molecule has 0 radical (unpaired) electrons. The first kappa shape index (κ1) is 21.2. The van der Waals surface area contributed by atoms with E-state index < -0.39 is 0 Å². The fourth-order valence-corrected chi connectivity index (χ4v) is 4.95. The zero-order chi connectivity index (χ0) is 22.0. The average molecular weight is 435 g/mol. The van der Waals surface area contributed by atoms with Crippen molar-refractivity contribution >= 4 is 22.2 Å². The number of hydrogen-bond acceptors (Lipinski definition) is 5. The van der Waals surface area contributed by atoms with Gasteiger partial charge in [-0.15, -0.1) is 11.3 Å². The summed E-state index contributed by atoms with van der Waals surface area (Å²) < 4.78 is 11.5. The van der Waals surface area contributed by atoms with E-state index in [0.29, 0.717) is 16.3 Å². The molecule has 1 N–H and O–H groups in total. The van der Waals surface area contributed by atoms with E-state index in [0.717, 1.165) is 37.0 Å². The van der Waals surface area contributed by atoms with Crippen molar-refractivity contribution in [1.82, 2.24) is 0 Å². The van der Waals surface area contributed by atoms with Crippen molar-refractivity contribution in [2.45, 2.75) is 58.5 Å². The van der Waals surface area contributed by atoms with Gasteiger partial charge in [-0.2, -0.15) is 5.26 Å². The Labute approximate surface area is 186 Å². The highest BCUT2D eigenvalue weighted by molar-refractivity contribution is 7.16. The minimum atomic E-state index is -0.351. The molecule has 160 valence electrons. The van der Waals surface area contributed by atoms with Crippen LogP contribution in [0.2, 0.25) is 0 Å². The highest BCUT2D eigenvalue weighted by atomic mass is 32.1. The molecule has 0 saturated heterocycles. The number of nitriles is 1. The van der Waals surface area contributed by atoms with E-state index in [2.05, 4.69) is 44.3 Å². The standard InChI is InChI=1S/C25H26N2O3S/c1-25(2,3)16-8-10-17(11-9-16)29-15-18-12-13-21(30-18)23(28)27-24-20(14-26)19-6-4-5-7-22(19)31-24/h8-13H,4-7,15H2,1-3H3,(H,27,28). The second-order valence-electron chi connectivity index (χ2n) is 8.81. The number of rotatable bonds is 5.